The maximum atomic E-state index is 13.9. The molecule has 0 heterocycles. The lowest BCUT2D eigenvalue weighted by molar-refractivity contribution is -0.391. The number of halogens is 10. The molecule has 2 saturated carbocycles. The average molecular weight is 342 g/mol. The molecule has 2 fully saturated rings. The molecule has 0 unspecified atom stereocenters. The second-order valence-electron chi connectivity index (χ2n) is 5.97. The normalized spacial score (nSPS) is 45.4. The minimum Gasteiger partial charge on any atom is -0.199 e. The minimum atomic E-state index is -6.88. The molecule has 2 bridgehead atoms. The molecular weight excluding hydrogens is 334 g/mol. The fourth-order valence-electron chi connectivity index (χ4n) is 3.85. The highest BCUT2D eigenvalue weighted by Crippen LogP contribution is 2.71. The first-order chi connectivity index (χ1) is 9.71. The van der Waals surface area contributed by atoms with E-state index in [1.54, 1.807) is 0 Å². The largest absolute Gasteiger partial charge is 0.384 e. The Hall–Kier alpha value is -0.960. The van der Waals surface area contributed by atoms with Crippen LogP contribution in [0.5, 0.6) is 0 Å². The van der Waals surface area contributed by atoms with Crippen LogP contribution in [0.4, 0.5) is 43.9 Å². The molecule has 0 aliphatic heterocycles. The van der Waals surface area contributed by atoms with Crippen molar-refractivity contribution >= 4 is 0 Å². The molecule has 22 heavy (non-hydrogen) atoms. The summed E-state index contributed by atoms with van der Waals surface area (Å²) in [5, 5.41) is 0. The van der Waals surface area contributed by atoms with E-state index in [1.807, 2.05) is 0 Å². The van der Waals surface area contributed by atoms with Crippen LogP contribution in [-0.2, 0) is 0 Å². The lowest BCUT2D eigenvalue weighted by atomic mass is 9.75. The van der Waals surface area contributed by atoms with Gasteiger partial charge < -0.3 is 0 Å². The number of alkyl halides is 10. The van der Waals surface area contributed by atoms with Crippen molar-refractivity contribution in [2.75, 3.05) is 0 Å². The summed E-state index contributed by atoms with van der Waals surface area (Å²) >= 11 is 0. The predicted molar refractivity (Wildman–Crippen MR) is 52.5 cm³/mol. The van der Waals surface area contributed by atoms with Gasteiger partial charge in [0, 0.05) is 11.8 Å². The average Bonchev–Trinajstić information content (AvgIpc) is 2.96. The zero-order chi connectivity index (χ0) is 16.9. The number of allylic oxidation sites excluding steroid dienone is 2. The molecule has 10 heteroatoms. The van der Waals surface area contributed by atoms with Gasteiger partial charge in [0.05, 0.1) is 0 Å². The summed E-state index contributed by atoms with van der Waals surface area (Å²) in [6.45, 7) is 0. The van der Waals surface area contributed by atoms with Gasteiger partial charge in [-0.1, -0.05) is 12.2 Å². The van der Waals surface area contributed by atoms with Gasteiger partial charge in [-0.05, 0) is 18.3 Å². The number of hydrogen-bond acceptors (Lipinski definition) is 0. The van der Waals surface area contributed by atoms with Gasteiger partial charge in [-0.15, -0.1) is 0 Å². The monoisotopic (exact) mass is 342 g/mol. The van der Waals surface area contributed by atoms with Gasteiger partial charge in [0.1, 0.15) is 0 Å². The topological polar surface area (TPSA) is 0 Å². The van der Waals surface area contributed by atoms with E-state index in [0.29, 0.717) is 0 Å². The maximum Gasteiger partial charge on any atom is 0.384 e. The first kappa shape index (κ1) is 15.9. The van der Waals surface area contributed by atoms with Crippen LogP contribution in [0.1, 0.15) is 6.42 Å². The molecule has 0 aromatic carbocycles. The van der Waals surface area contributed by atoms with Gasteiger partial charge in [0.2, 0.25) is 0 Å². The summed E-state index contributed by atoms with van der Waals surface area (Å²) in [6.07, 6.45) is 1.39. The molecule has 0 N–H and O–H groups in total. The Morgan fingerprint density at radius 3 is 1.18 bits per heavy atom. The summed E-state index contributed by atoms with van der Waals surface area (Å²) in [5.41, 5.74) is 0. The van der Waals surface area contributed by atoms with Gasteiger partial charge in [-0.2, -0.15) is 43.9 Å². The fourth-order valence-corrected chi connectivity index (χ4v) is 3.85. The molecule has 4 atom stereocenters. The summed E-state index contributed by atoms with van der Waals surface area (Å²) in [5.74, 6) is -40.5. The van der Waals surface area contributed by atoms with Crippen LogP contribution in [0, 0.1) is 23.7 Å². The number of fused-ring (bicyclic) bond motifs is 5. The van der Waals surface area contributed by atoms with E-state index in [4.69, 9.17) is 0 Å². The third-order valence-corrected chi connectivity index (χ3v) is 4.92. The zero-order valence-corrected chi connectivity index (χ0v) is 10.5. The molecule has 0 radical (unpaired) electrons. The molecule has 0 amide bonds. The van der Waals surface area contributed by atoms with Crippen LogP contribution < -0.4 is 0 Å². The van der Waals surface area contributed by atoms with Gasteiger partial charge in [-0.25, -0.2) is 0 Å². The minimum absolute atomic E-state index is 0.460. The van der Waals surface area contributed by atoms with Crippen molar-refractivity contribution in [1.29, 1.82) is 0 Å². The second kappa shape index (κ2) is 3.75. The van der Waals surface area contributed by atoms with Crippen molar-refractivity contribution in [3.8, 4) is 0 Å². The molecular formula is C12H8F10. The smallest absolute Gasteiger partial charge is 0.199 e. The molecule has 126 valence electrons. The van der Waals surface area contributed by atoms with E-state index >= 15 is 0 Å². The first-order valence-corrected chi connectivity index (χ1v) is 6.28. The van der Waals surface area contributed by atoms with Crippen molar-refractivity contribution in [3.63, 3.8) is 0 Å². The van der Waals surface area contributed by atoms with Crippen molar-refractivity contribution in [3.05, 3.63) is 12.2 Å². The highest BCUT2D eigenvalue weighted by molar-refractivity contribution is 5.26. The summed E-state index contributed by atoms with van der Waals surface area (Å²) in [7, 11) is 0. The van der Waals surface area contributed by atoms with Crippen LogP contribution in [0.15, 0.2) is 12.2 Å². The van der Waals surface area contributed by atoms with E-state index in [-0.39, 0.29) is 0 Å². The van der Waals surface area contributed by atoms with Crippen LogP contribution in [0.3, 0.4) is 0 Å². The Kier molecular flexibility index (Phi) is 2.71. The number of hydrogen-bond donors (Lipinski definition) is 0. The molecule has 0 aromatic rings. The molecule has 0 aromatic heterocycles. The third-order valence-electron chi connectivity index (χ3n) is 4.92. The molecule has 0 nitrogen and oxygen atoms in total. The SMILES string of the molecule is FC1(F)[C@@H]2[C@@H]([C@H]3C=C[C@@H]2C3)C(F)(F)C(F)(F)C(F)(F)C1(F)F. The Bertz CT molecular complexity index is 490. The van der Waals surface area contributed by atoms with E-state index in [1.165, 1.54) is 0 Å². The molecule has 3 rings (SSSR count). The zero-order valence-electron chi connectivity index (χ0n) is 10.5. The first-order valence-electron chi connectivity index (χ1n) is 6.28. The number of rotatable bonds is 0. The highest BCUT2D eigenvalue weighted by atomic mass is 19.4. The lowest BCUT2D eigenvalue weighted by Gasteiger charge is -2.36. The Balaban J connectivity index is 2.30. The lowest BCUT2D eigenvalue weighted by Crippen LogP contribution is -2.65. The standard InChI is InChI=1S/C12H8F10/c13-8(14)6-4-1-2-5(3-4)7(6)9(15,16)11(19,20)12(21,22)10(8,17)18/h1-2,4-7H,3H2/t4-,5+,6+,7-. The summed E-state index contributed by atoms with van der Waals surface area (Å²) in [6, 6.07) is 0. The highest BCUT2D eigenvalue weighted by Gasteiger charge is 2.93. The summed E-state index contributed by atoms with van der Waals surface area (Å²) < 4.78 is 136. The van der Waals surface area contributed by atoms with Gasteiger partial charge in [-0.3, -0.25) is 0 Å². The van der Waals surface area contributed by atoms with Crippen LogP contribution in [0.25, 0.3) is 0 Å². The van der Waals surface area contributed by atoms with Gasteiger partial charge >= 0.3 is 29.6 Å². The molecule has 0 saturated heterocycles. The molecule has 0 spiro atoms. The Morgan fingerprint density at radius 1 is 0.545 bits per heavy atom. The fraction of sp³-hybridized carbons (Fsp3) is 0.833. The van der Waals surface area contributed by atoms with Gasteiger partial charge in [0.25, 0.3) is 0 Å². The van der Waals surface area contributed by atoms with Gasteiger partial charge in [0.15, 0.2) is 0 Å². The molecule has 3 aliphatic carbocycles. The quantitative estimate of drug-likeness (QED) is 0.445. The Labute approximate surface area is 117 Å². The van der Waals surface area contributed by atoms with Crippen molar-refractivity contribution in [2.45, 2.75) is 36.0 Å². The second-order valence-corrected chi connectivity index (χ2v) is 5.97. The predicted octanol–water partition coefficient (Wildman–Crippen LogP) is 4.61. The van der Waals surface area contributed by atoms with Crippen molar-refractivity contribution < 1.29 is 43.9 Å². The van der Waals surface area contributed by atoms with Crippen LogP contribution in [-0.4, -0.2) is 29.6 Å². The van der Waals surface area contributed by atoms with Crippen LogP contribution >= 0.6 is 0 Å². The van der Waals surface area contributed by atoms with E-state index in [2.05, 4.69) is 0 Å². The Morgan fingerprint density at radius 2 is 0.864 bits per heavy atom. The third kappa shape index (κ3) is 1.34. The van der Waals surface area contributed by atoms with E-state index < -0.39 is 59.7 Å². The maximum absolute atomic E-state index is 13.9. The summed E-state index contributed by atoms with van der Waals surface area (Å²) in [4.78, 5) is 0. The van der Waals surface area contributed by atoms with Crippen molar-refractivity contribution in [1.82, 2.24) is 0 Å². The molecule has 3 aliphatic rings. The van der Waals surface area contributed by atoms with Crippen molar-refractivity contribution in [2.24, 2.45) is 23.7 Å². The van der Waals surface area contributed by atoms with E-state index in [0.717, 1.165) is 12.2 Å². The van der Waals surface area contributed by atoms with Crippen LogP contribution in [0.2, 0.25) is 0 Å². The van der Waals surface area contributed by atoms with E-state index in [9.17, 15) is 43.9 Å².